The zero-order valence-electron chi connectivity index (χ0n) is 12.2. The van der Waals surface area contributed by atoms with E-state index in [4.69, 9.17) is 11.6 Å². The molecule has 1 N–H and O–H groups in total. The normalized spacial score (nSPS) is 13.6. The summed E-state index contributed by atoms with van der Waals surface area (Å²) in [6.45, 7) is 1.98. The van der Waals surface area contributed by atoms with Crippen LogP contribution in [0, 0.1) is 0 Å². The molecule has 0 fully saturated rings. The lowest BCUT2D eigenvalue weighted by atomic mass is 9.96. The summed E-state index contributed by atoms with van der Waals surface area (Å²) < 4.78 is 0. The van der Waals surface area contributed by atoms with E-state index in [0.29, 0.717) is 10.6 Å². The molecule has 0 heterocycles. The van der Waals surface area contributed by atoms with Crippen LogP contribution in [-0.2, 0) is 5.60 Å². The Hall–Kier alpha value is -1.26. The minimum atomic E-state index is -1.09. The Morgan fingerprint density at radius 2 is 1.74 bits per heavy atom. The van der Waals surface area contributed by atoms with Crippen LogP contribution < -0.4 is 0 Å². The first-order chi connectivity index (χ1) is 8.75. The summed E-state index contributed by atoms with van der Waals surface area (Å²) in [5.74, 6) is 0.798. The van der Waals surface area contributed by atoms with Gasteiger partial charge in [0.15, 0.2) is 5.96 Å². The van der Waals surface area contributed by atoms with Crippen LogP contribution in [0.4, 0.5) is 0 Å². The average Bonchev–Trinajstić information content (AvgIpc) is 2.28. The summed E-state index contributed by atoms with van der Waals surface area (Å²) in [5, 5.41) is 11.1. The highest BCUT2D eigenvalue weighted by atomic mass is 35.5. The van der Waals surface area contributed by atoms with E-state index in [2.05, 4.69) is 4.99 Å². The van der Waals surface area contributed by atoms with Crippen molar-refractivity contribution in [1.82, 2.24) is 9.80 Å². The largest absolute Gasteiger partial charge is 0.383 e. The van der Waals surface area contributed by atoms with Crippen LogP contribution in [0.2, 0.25) is 5.02 Å². The molecule has 0 bridgehead atoms. The van der Waals surface area contributed by atoms with Gasteiger partial charge < -0.3 is 14.9 Å². The van der Waals surface area contributed by atoms with Gasteiger partial charge >= 0.3 is 0 Å². The number of aliphatic imine (C=N–C) groups is 1. The molecule has 1 rings (SSSR count). The van der Waals surface area contributed by atoms with Crippen LogP contribution in [0.3, 0.4) is 0 Å². The van der Waals surface area contributed by atoms with Crippen LogP contribution in [0.5, 0.6) is 0 Å². The number of guanidine groups is 1. The Bertz CT molecular complexity index is 446. The summed E-state index contributed by atoms with van der Waals surface area (Å²) in [6.07, 6.45) is 0. The molecule has 0 saturated carbocycles. The van der Waals surface area contributed by atoms with E-state index < -0.39 is 5.60 Å². The minimum Gasteiger partial charge on any atom is -0.383 e. The first kappa shape index (κ1) is 15.8. The number of rotatable bonds is 3. The van der Waals surface area contributed by atoms with Gasteiger partial charge in [0.1, 0.15) is 5.60 Å². The first-order valence-corrected chi connectivity index (χ1v) is 6.50. The van der Waals surface area contributed by atoms with Crippen molar-refractivity contribution in [2.24, 2.45) is 4.99 Å². The molecule has 4 nitrogen and oxygen atoms in total. The van der Waals surface area contributed by atoms with E-state index in [9.17, 15) is 5.11 Å². The number of aliphatic hydroxyl groups is 1. The highest BCUT2D eigenvalue weighted by Crippen LogP contribution is 2.28. The van der Waals surface area contributed by atoms with Crippen molar-refractivity contribution in [3.63, 3.8) is 0 Å². The smallest absolute Gasteiger partial charge is 0.195 e. The van der Waals surface area contributed by atoms with Crippen molar-refractivity contribution in [2.45, 2.75) is 12.5 Å². The molecule has 1 unspecified atom stereocenters. The predicted molar refractivity (Wildman–Crippen MR) is 80.7 cm³/mol. The molecular weight excluding hydrogens is 262 g/mol. The highest BCUT2D eigenvalue weighted by Gasteiger charge is 2.25. The van der Waals surface area contributed by atoms with E-state index in [1.54, 1.807) is 13.0 Å². The Morgan fingerprint density at radius 3 is 2.21 bits per heavy atom. The molecule has 19 heavy (non-hydrogen) atoms. The maximum Gasteiger partial charge on any atom is 0.195 e. The molecule has 0 aromatic heterocycles. The maximum absolute atomic E-state index is 10.6. The molecule has 0 aliphatic heterocycles. The number of hydrogen-bond donors (Lipinski definition) is 1. The number of nitrogens with zero attached hydrogens (tertiary/aromatic N) is 3. The minimum absolute atomic E-state index is 0.252. The molecule has 0 saturated heterocycles. The van der Waals surface area contributed by atoms with Gasteiger partial charge in [0, 0.05) is 38.8 Å². The highest BCUT2D eigenvalue weighted by molar-refractivity contribution is 6.31. The molecule has 0 aliphatic carbocycles. The van der Waals surface area contributed by atoms with E-state index in [0.717, 1.165) is 5.96 Å². The molecule has 1 aromatic carbocycles. The number of benzene rings is 1. The standard InChI is InChI=1S/C14H22ClN3O/c1-14(19,11-8-6-7-9-12(11)15)10-16-13(17(2)3)18(4)5/h6-9,19H,10H2,1-5H3. The zero-order chi connectivity index (χ0) is 14.6. The van der Waals surface area contributed by atoms with Crippen molar-refractivity contribution in [3.8, 4) is 0 Å². The monoisotopic (exact) mass is 283 g/mol. The van der Waals surface area contributed by atoms with Crippen molar-refractivity contribution < 1.29 is 5.11 Å². The number of halogens is 1. The van der Waals surface area contributed by atoms with Crippen molar-refractivity contribution in [1.29, 1.82) is 0 Å². The summed E-state index contributed by atoms with van der Waals surface area (Å²) >= 11 is 6.12. The second kappa shape index (κ2) is 6.26. The van der Waals surface area contributed by atoms with E-state index in [-0.39, 0.29) is 6.54 Å². The second-order valence-electron chi connectivity index (χ2n) is 5.16. The molecule has 0 amide bonds. The molecule has 0 radical (unpaired) electrons. The van der Waals surface area contributed by atoms with E-state index >= 15 is 0 Å². The first-order valence-electron chi connectivity index (χ1n) is 6.12. The average molecular weight is 284 g/mol. The summed E-state index contributed by atoms with van der Waals surface area (Å²) in [6, 6.07) is 7.30. The van der Waals surface area contributed by atoms with Crippen molar-refractivity contribution in [2.75, 3.05) is 34.7 Å². The molecule has 1 atom stereocenters. The SMILES string of the molecule is CN(C)C(=NCC(C)(O)c1ccccc1Cl)N(C)C. The van der Waals surface area contributed by atoms with Gasteiger partial charge in [-0.25, -0.2) is 4.99 Å². The summed E-state index contributed by atoms with van der Waals surface area (Å²) in [5.41, 5.74) is -0.396. The molecule has 1 aromatic rings. The van der Waals surface area contributed by atoms with Gasteiger partial charge in [0.2, 0.25) is 0 Å². The molecule has 106 valence electrons. The lowest BCUT2D eigenvalue weighted by Gasteiger charge is -2.27. The van der Waals surface area contributed by atoms with Crippen molar-refractivity contribution in [3.05, 3.63) is 34.9 Å². The second-order valence-corrected chi connectivity index (χ2v) is 5.57. The zero-order valence-corrected chi connectivity index (χ0v) is 12.9. The summed E-state index contributed by atoms with van der Waals surface area (Å²) in [4.78, 5) is 8.28. The lowest BCUT2D eigenvalue weighted by Crippen LogP contribution is -2.37. The van der Waals surface area contributed by atoms with Gasteiger partial charge in [-0.1, -0.05) is 29.8 Å². The van der Waals surface area contributed by atoms with Crippen LogP contribution in [0.15, 0.2) is 29.3 Å². The summed E-state index contributed by atoms with van der Waals surface area (Å²) in [7, 11) is 7.68. The Balaban J connectivity index is 2.97. The van der Waals surface area contributed by atoms with Gasteiger partial charge in [-0.15, -0.1) is 0 Å². The van der Waals surface area contributed by atoms with Crippen molar-refractivity contribution >= 4 is 17.6 Å². The van der Waals surface area contributed by atoms with Gasteiger partial charge in [-0.2, -0.15) is 0 Å². The van der Waals surface area contributed by atoms with Crippen LogP contribution in [0.25, 0.3) is 0 Å². The Morgan fingerprint density at radius 1 is 1.21 bits per heavy atom. The fraction of sp³-hybridized carbons (Fsp3) is 0.500. The Kier molecular flexibility index (Phi) is 5.20. The molecular formula is C14H22ClN3O. The van der Waals surface area contributed by atoms with Crippen LogP contribution in [-0.4, -0.2) is 55.6 Å². The Labute approximate surface area is 120 Å². The van der Waals surface area contributed by atoms with Crippen LogP contribution >= 0.6 is 11.6 Å². The number of hydrogen-bond acceptors (Lipinski definition) is 2. The molecule has 0 spiro atoms. The topological polar surface area (TPSA) is 39.1 Å². The van der Waals surface area contributed by atoms with Gasteiger partial charge in [0.25, 0.3) is 0 Å². The fourth-order valence-corrected chi connectivity index (χ4v) is 2.23. The maximum atomic E-state index is 10.6. The van der Waals surface area contributed by atoms with E-state index in [1.807, 2.05) is 56.2 Å². The van der Waals surface area contributed by atoms with Gasteiger partial charge in [-0.05, 0) is 13.0 Å². The van der Waals surface area contributed by atoms with Crippen LogP contribution in [0.1, 0.15) is 12.5 Å². The fourth-order valence-electron chi connectivity index (χ4n) is 1.89. The molecule has 0 aliphatic rings. The van der Waals surface area contributed by atoms with Gasteiger partial charge in [0.05, 0.1) is 6.54 Å². The third kappa shape index (κ3) is 4.11. The molecule has 5 heteroatoms. The lowest BCUT2D eigenvalue weighted by molar-refractivity contribution is 0.0669. The van der Waals surface area contributed by atoms with E-state index in [1.165, 1.54) is 0 Å². The van der Waals surface area contributed by atoms with Gasteiger partial charge in [-0.3, -0.25) is 0 Å². The predicted octanol–water partition coefficient (Wildman–Crippen LogP) is 2.03. The quantitative estimate of drug-likeness (QED) is 0.681. The third-order valence-corrected chi connectivity index (χ3v) is 3.11. The third-order valence-electron chi connectivity index (χ3n) is 2.78.